The van der Waals surface area contributed by atoms with Crippen LogP contribution in [0.2, 0.25) is 5.02 Å². The predicted octanol–water partition coefficient (Wildman–Crippen LogP) is 5.52. The number of ether oxygens (including phenoxy) is 1. The fraction of sp³-hybridized carbons (Fsp3) is 0.333. The van der Waals surface area contributed by atoms with Gasteiger partial charge in [0.1, 0.15) is 5.75 Å². The van der Waals surface area contributed by atoms with E-state index >= 15 is 0 Å². The van der Waals surface area contributed by atoms with Crippen LogP contribution in [0.1, 0.15) is 55.6 Å². The third-order valence-corrected chi connectivity index (χ3v) is 5.59. The van der Waals surface area contributed by atoms with E-state index in [1.165, 1.54) is 5.57 Å². The van der Waals surface area contributed by atoms with E-state index in [2.05, 4.69) is 61.3 Å². The number of carbonyl (C=O) groups excluding carboxylic acids is 1. The molecule has 3 rings (SSSR count). The molecule has 1 amide bonds. The maximum absolute atomic E-state index is 12.3. The van der Waals surface area contributed by atoms with Crippen molar-refractivity contribution in [2.45, 2.75) is 39.7 Å². The molecule has 0 unspecified atom stereocenters. The monoisotopic (exact) mass is 425 g/mol. The molecule has 0 fully saturated rings. The zero-order valence-corrected chi connectivity index (χ0v) is 18.9. The SMILES string of the molecule is CCCN1c2cc(OC)c(/C=N\NC(=O)c3ccccc3Cl)cc2C(C)=CC1(C)C. The summed E-state index contributed by atoms with van der Waals surface area (Å²) in [5, 5.41) is 4.51. The minimum Gasteiger partial charge on any atom is -0.496 e. The Hall–Kier alpha value is -2.79. The number of halogens is 1. The Labute approximate surface area is 183 Å². The third kappa shape index (κ3) is 4.36. The maximum Gasteiger partial charge on any atom is 0.272 e. The minimum atomic E-state index is -0.360. The summed E-state index contributed by atoms with van der Waals surface area (Å²) >= 11 is 6.08. The van der Waals surface area contributed by atoms with Gasteiger partial charge < -0.3 is 9.64 Å². The van der Waals surface area contributed by atoms with Gasteiger partial charge in [-0.3, -0.25) is 4.79 Å². The quantitative estimate of drug-likeness (QED) is 0.489. The Morgan fingerprint density at radius 2 is 2.03 bits per heavy atom. The van der Waals surface area contributed by atoms with Gasteiger partial charge in [-0.05, 0) is 51.0 Å². The van der Waals surface area contributed by atoms with Crippen LogP contribution >= 0.6 is 11.6 Å². The summed E-state index contributed by atoms with van der Waals surface area (Å²) in [6.45, 7) is 9.70. The molecule has 0 aromatic heterocycles. The van der Waals surface area contributed by atoms with E-state index in [0.717, 1.165) is 29.8 Å². The number of benzene rings is 2. The summed E-state index contributed by atoms with van der Waals surface area (Å²) in [4.78, 5) is 14.7. The van der Waals surface area contributed by atoms with Crippen LogP contribution in [0.4, 0.5) is 5.69 Å². The highest BCUT2D eigenvalue weighted by Crippen LogP contribution is 2.41. The van der Waals surface area contributed by atoms with Gasteiger partial charge in [0.25, 0.3) is 5.91 Å². The van der Waals surface area contributed by atoms with Crippen LogP contribution in [0.15, 0.2) is 47.6 Å². The average Bonchev–Trinajstić information content (AvgIpc) is 2.70. The first-order valence-corrected chi connectivity index (χ1v) is 10.4. The van der Waals surface area contributed by atoms with Crippen LogP contribution in [-0.4, -0.2) is 31.3 Å². The molecular formula is C24H28ClN3O2. The summed E-state index contributed by atoms with van der Waals surface area (Å²) in [7, 11) is 1.64. The van der Waals surface area contributed by atoms with Gasteiger partial charge in [0.2, 0.25) is 0 Å². The second-order valence-corrected chi connectivity index (χ2v) is 8.33. The van der Waals surface area contributed by atoms with Gasteiger partial charge >= 0.3 is 0 Å². The number of nitrogens with one attached hydrogen (secondary N) is 1. The topological polar surface area (TPSA) is 53.9 Å². The lowest BCUT2D eigenvalue weighted by Gasteiger charge is -2.43. The highest BCUT2D eigenvalue weighted by atomic mass is 35.5. The molecule has 2 aromatic carbocycles. The summed E-state index contributed by atoms with van der Waals surface area (Å²) in [5.41, 5.74) is 7.13. The van der Waals surface area contributed by atoms with Gasteiger partial charge in [0.15, 0.2) is 0 Å². The number of hydrazone groups is 1. The molecule has 0 radical (unpaired) electrons. The normalized spacial score (nSPS) is 15.0. The van der Waals surface area contributed by atoms with E-state index in [-0.39, 0.29) is 11.4 Å². The number of methoxy groups -OCH3 is 1. The molecule has 30 heavy (non-hydrogen) atoms. The average molecular weight is 426 g/mol. The Kier molecular flexibility index (Phi) is 6.52. The first kappa shape index (κ1) is 21.9. The molecule has 0 bridgehead atoms. The van der Waals surface area contributed by atoms with Crippen molar-refractivity contribution in [1.29, 1.82) is 0 Å². The molecule has 5 nitrogen and oxygen atoms in total. The molecule has 0 saturated carbocycles. The van der Waals surface area contributed by atoms with E-state index in [4.69, 9.17) is 16.3 Å². The van der Waals surface area contributed by atoms with Crippen molar-refractivity contribution < 1.29 is 9.53 Å². The maximum atomic E-state index is 12.3. The van der Waals surface area contributed by atoms with Gasteiger partial charge in [-0.2, -0.15) is 5.10 Å². The van der Waals surface area contributed by atoms with Crippen LogP contribution in [-0.2, 0) is 0 Å². The first-order chi connectivity index (χ1) is 14.3. The van der Waals surface area contributed by atoms with Gasteiger partial charge in [0.05, 0.1) is 29.4 Å². The van der Waals surface area contributed by atoms with Crippen molar-refractivity contribution in [1.82, 2.24) is 5.43 Å². The Morgan fingerprint density at radius 3 is 2.70 bits per heavy atom. The predicted molar refractivity (Wildman–Crippen MR) is 125 cm³/mol. The number of rotatable bonds is 6. The fourth-order valence-electron chi connectivity index (χ4n) is 3.90. The summed E-state index contributed by atoms with van der Waals surface area (Å²) in [6.07, 6.45) is 4.94. The van der Waals surface area contributed by atoms with Gasteiger partial charge in [-0.15, -0.1) is 0 Å². The van der Waals surface area contributed by atoms with Gasteiger partial charge in [0, 0.05) is 29.4 Å². The Morgan fingerprint density at radius 1 is 1.30 bits per heavy atom. The van der Waals surface area contributed by atoms with Crippen LogP contribution in [0.5, 0.6) is 5.75 Å². The number of allylic oxidation sites excluding steroid dienone is 1. The van der Waals surface area contributed by atoms with Crippen LogP contribution in [0.3, 0.4) is 0 Å². The first-order valence-electron chi connectivity index (χ1n) is 10.1. The molecule has 1 aliphatic heterocycles. The smallest absolute Gasteiger partial charge is 0.272 e. The third-order valence-electron chi connectivity index (χ3n) is 5.26. The van der Waals surface area contributed by atoms with E-state index in [1.54, 1.807) is 37.6 Å². The lowest BCUT2D eigenvalue weighted by Crippen LogP contribution is -2.45. The van der Waals surface area contributed by atoms with Gasteiger partial charge in [-0.25, -0.2) is 5.43 Å². The molecular weight excluding hydrogens is 398 g/mol. The molecule has 1 aliphatic rings. The van der Waals surface area contributed by atoms with Crippen LogP contribution in [0.25, 0.3) is 5.57 Å². The summed E-state index contributed by atoms with van der Waals surface area (Å²) in [5.74, 6) is 0.344. The van der Waals surface area contributed by atoms with E-state index in [1.807, 2.05) is 0 Å². The lowest BCUT2D eigenvalue weighted by molar-refractivity contribution is 0.0955. The Balaban J connectivity index is 1.92. The van der Waals surface area contributed by atoms with E-state index < -0.39 is 0 Å². The zero-order chi connectivity index (χ0) is 21.9. The molecule has 6 heteroatoms. The van der Waals surface area contributed by atoms with Crippen molar-refractivity contribution in [3.63, 3.8) is 0 Å². The number of hydrogen-bond donors (Lipinski definition) is 1. The standard InChI is InChI=1S/C24H28ClN3O2/c1-6-11-28-21-13-22(30-5)17(12-19(21)16(2)14-24(28,3)4)15-26-27-23(29)18-9-7-8-10-20(18)25/h7-10,12-15H,6,11H2,1-5H3,(H,27,29)/b26-15-. The zero-order valence-electron chi connectivity index (χ0n) is 18.1. The highest BCUT2D eigenvalue weighted by molar-refractivity contribution is 6.33. The van der Waals surface area contributed by atoms with Crippen molar-refractivity contribution >= 4 is 35.0 Å². The van der Waals surface area contributed by atoms with E-state index in [0.29, 0.717) is 16.3 Å². The second-order valence-electron chi connectivity index (χ2n) is 7.92. The van der Waals surface area contributed by atoms with Crippen LogP contribution in [0, 0.1) is 0 Å². The largest absolute Gasteiger partial charge is 0.496 e. The molecule has 0 spiro atoms. The van der Waals surface area contributed by atoms with Crippen molar-refractivity contribution in [2.24, 2.45) is 5.10 Å². The molecule has 0 atom stereocenters. The molecule has 1 N–H and O–H groups in total. The molecule has 0 saturated heterocycles. The summed E-state index contributed by atoms with van der Waals surface area (Å²) < 4.78 is 5.63. The number of fused-ring (bicyclic) bond motifs is 1. The number of anilines is 1. The van der Waals surface area contributed by atoms with Crippen molar-refractivity contribution in [3.8, 4) is 5.75 Å². The number of amides is 1. The molecule has 1 heterocycles. The Bertz CT molecular complexity index is 1010. The minimum absolute atomic E-state index is 0.0728. The van der Waals surface area contributed by atoms with Gasteiger partial charge in [-0.1, -0.05) is 36.7 Å². The second kappa shape index (κ2) is 8.92. The number of hydrogen-bond acceptors (Lipinski definition) is 4. The molecule has 2 aromatic rings. The highest BCUT2D eigenvalue weighted by Gasteiger charge is 2.31. The van der Waals surface area contributed by atoms with E-state index in [9.17, 15) is 4.79 Å². The van der Waals surface area contributed by atoms with Crippen LogP contribution < -0.4 is 15.1 Å². The van der Waals surface area contributed by atoms with Crippen molar-refractivity contribution in [3.05, 3.63) is 64.2 Å². The molecule has 0 aliphatic carbocycles. The number of carbonyl (C=O) groups is 1. The number of nitrogens with zero attached hydrogens (tertiary/aromatic N) is 2. The fourth-order valence-corrected chi connectivity index (χ4v) is 4.12. The molecule has 158 valence electrons. The summed E-state index contributed by atoms with van der Waals surface area (Å²) in [6, 6.07) is 11.0. The lowest BCUT2D eigenvalue weighted by atomic mass is 9.87. The van der Waals surface area contributed by atoms with Crippen molar-refractivity contribution in [2.75, 3.05) is 18.6 Å².